The van der Waals surface area contributed by atoms with Crippen molar-refractivity contribution >= 4 is 5.91 Å². The van der Waals surface area contributed by atoms with Gasteiger partial charge in [0.05, 0.1) is 19.3 Å². The SMILES string of the molecule is COCCN(/C=C(/C#N)C(=O)NCC1CCCO1)CCOC. The number of hydrogen-bond acceptors (Lipinski definition) is 6. The van der Waals surface area contributed by atoms with E-state index in [1.807, 2.05) is 11.0 Å². The summed E-state index contributed by atoms with van der Waals surface area (Å²) < 4.78 is 15.5. The van der Waals surface area contributed by atoms with Crippen molar-refractivity contribution in [1.82, 2.24) is 10.2 Å². The van der Waals surface area contributed by atoms with Crippen LogP contribution in [0.3, 0.4) is 0 Å². The van der Waals surface area contributed by atoms with Crippen molar-refractivity contribution in [3.63, 3.8) is 0 Å². The van der Waals surface area contributed by atoms with Gasteiger partial charge in [0, 0.05) is 46.7 Å². The Hall–Kier alpha value is -1.62. The molecule has 0 bridgehead atoms. The van der Waals surface area contributed by atoms with Crippen LogP contribution in [0.2, 0.25) is 0 Å². The monoisotopic (exact) mass is 311 g/mol. The predicted octanol–water partition coefficient (Wildman–Crippen LogP) is 0.284. The maximum atomic E-state index is 12.1. The Bertz CT molecular complexity index is 392. The number of carbonyl (C=O) groups excluding carboxylic acids is 1. The van der Waals surface area contributed by atoms with Gasteiger partial charge in [0.1, 0.15) is 11.6 Å². The Labute approximate surface area is 131 Å². The molecule has 0 saturated carbocycles. The standard InChI is InChI=1S/C15H25N3O4/c1-20-8-5-18(6-9-21-2)12-13(10-16)15(19)17-11-14-4-3-7-22-14/h12,14H,3-9,11H2,1-2H3,(H,17,19)/b13-12-. The Morgan fingerprint density at radius 1 is 1.41 bits per heavy atom. The van der Waals surface area contributed by atoms with Crippen molar-refractivity contribution in [1.29, 1.82) is 5.26 Å². The van der Waals surface area contributed by atoms with Gasteiger partial charge in [-0.2, -0.15) is 5.26 Å². The van der Waals surface area contributed by atoms with Gasteiger partial charge in [-0.05, 0) is 12.8 Å². The highest BCUT2D eigenvalue weighted by Crippen LogP contribution is 2.10. The van der Waals surface area contributed by atoms with Crippen molar-refractivity contribution in [3.05, 3.63) is 11.8 Å². The third-order valence-corrected chi connectivity index (χ3v) is 3.36. The van der Waals surface area contributed by atoms with E-state index in [9.17, 15) is 10.1 Å². The molecular weight excluding hydrogens is 286 g/mol. The van der Waals surface area contributed by atoms with Crippen LogP contribution in [0.1, 0.15) is 12.8 Å². The molecule has 7 nitrogen and oxygen atoms in total. The molecule has 22 heavy (non-hydrogen) atoms. The molecule has 1 aliphatic rings. The molecule has 1 amide bonds. The maximum Gasteiger partial charge on any atom is 0.263 e. The van der Waals surface area contributed by atoms with Gasteiger partial charge in [-0.25, -0.2) is 0 Å². The molecule has 1 saturated heterocycles. The van der Waals surface area contributed by atoms with E-state index in [1.165, 1.54) is 0 Å². The first-order valence-electron chi connectivity index (χ1n) is 7.45. The second-order valence-electron chi connectivity index (χ2n) is 5.02. The average molecular weight is 311 g/mol. The van der Waals surface area contributed by atoms with Crippen LogP contribution in [-0.2, 0) is 19.0 Å². The number of nitrogens with one attached hydrogen (secondary N) is 1. The highest BCUT2D eigenvalue weighted by Gasteiger charge is 2.18. The van der Waals surface area contributed by atoms with Gasteiger partial charge in [-0.3, -0.25) is 4.79 Å². The number of nitrogens with zero attached hydrogens (tertiary/aromatic N) is 2. The van der Waals surface area contributed by atoms with Crippen molar-refractivity contribution in [2.45, 2.75) is 18.9 Å². The third-order valence-electron chi connectivity index (χ3n) is 3.36. The molecule has 1 N–H and O–H groups in total. The van der Waals surface area contributed by atoms with Crippen LogP contribution >= 0.6 is 0 Å². The molecule has 7 heteroatoms. The number of carbonyl (C=O) groups is 1. The summed E-state index contributed by atoms with van der Waals surface area (Å²) in [4.78, 5) is 13.9. The van der Waals surface area contributed by atoms with Gasteiger partial charge in [0.15, 0.2) is 0 Å². The Morgan fingerprint density at radius 3 is 2.59 bits per heavy atom. The first kappa shape index (κ1) is 18.4. The van der Waals surface area contributed by atoms with E-state index in [4.69, 9.17) is 14.2 Å². The fraction of sp³-hybridized carbons (Fsp3) is 0.733. The fourth-order valence-corrected chi connectivity index (χ4v) is 2.09. The first-order valence-corrected chi connectivity index (χ1v) is 7.45. The zero-order chi connectivity index (χ0) is 16.2. The van der Waals surface area contributed by atoms with Crippen LogP contribution in [0.5, 0.6) is 0 Å². The van der Waals surface area contributed by atoms with Gasteiger partial charge in [0.25, 0.3) is 5.91 Å². The van der Waals surface area contributed by atoms with Gasteiger partial charge >= 0.3 is 0 Å². The molecule has 0 aromatic carbocycles. The smallest absolute Gasteiger partial charge is 0.263 e. The largest absolute Gasteiger partial charge is 0.383 e. The summed E-state index contributed by atoms with van der Waals surface area (Å²) in [6, 6.07) is 1.95. The lowest BCUT2D eigenvalue weighted by Gasteiger charge is -2.20. The molecule has 1 aliphatic heterocycles. The highest BCUT2D eigenvalue weighted by atomic mass is 16.5. The lowest BCUT2D eigenvalue weighted by molar-refractivity contribution is -0.117. The molecule has 0 aliphatic carbocycles. The minimum atomic E-state index is -0.377. The Kier molecular flexibility index (Phi) is 9.23. The minimum Gasteiger partial charge on any atom is -0.383 e. The fourth-order valence-electron chi connectivity index (χ4n) is 2.09. The van der Waals surface area contributed by atoms with E-state index in [-0.39, 0.29) is 17.6 Å². The molecule has 124 valence electrons. The lowest BCUT2D eigenvalue weighted by Crippen LogP contribution is -2.34. The number of nitriles is 1. The Balaban J connectivity index is 2.55. The molecule has 1 fully saturated rings. The van der Waals surface area contributed by atoms with Crippen molar-refractivity contribution in [2.75, 3.05) is 53.7 Å². The molecular formula is C15H25N3O4. The zero-order valence-electron chi connectivity index (χ0n) is 13.3. The molecule has 1 heterocycles. The summed E-state index contributed by atoms with van der Waals surface area (Å²) in [5.41, 5.74) is 0.0743. The molecule has 0 radical (unpaired) electrons. The number of hydrogen-bond donors (Lipinski definition) is 1. The lowest BCUT2D eigenvalue weighted by atomic mass is 10.2. The molecule has 1 atom stereocenters. The third kappa shape index (κ3) is 6.89. The summed E-state index contributed by atoms with van der Waals surface area (Å²) in [6.45, 7) is 3.37. The molecule has 1 unspecified atom stereocenters. The van der Waals surface area contributed by atoms with E-state index in [0.717, 1.165) is 19.4 Å². The summed E-state index contributed by atoms with van der Waals surface area (Å²) in [5, 5.41) is 11.9. The molecule has 0 aromatic heterocycles. The molecule has 0 aromatic rings. The number of methoxy groups -OCH3 is 2. The van der Waals surface area contributed by atoms with E-state index in [2.05, 4.69) is 5.32 Å². The summed E-state index contributed by atoms with van der Waals surface area (Å²) >= 11 is 0. The second kappa shape index (κ2) is 11.0. The first-order chi connectivity index (χ1) is 10.7. The quantitative estimate of drug-likeness (QED) is 0.461. The topological polar surface area (TPSA) is 83.8 Å². The predicted molar refractivity (Wildman–Crippen MR) is 81.0 cm³/mol. The van der Waals surface area contributed by atoms with Crippen molar-refractivity contribution < 1.29 is 19.0 Å². The van der Waals surface area contributed by atoms with Crippen LogP contribution in [0.25, 0.3) is 0 Å². The van der Waals surface area contributed by atoms with E-state index >= 15 is 0 Å². The van der Waals surface area contributed by atoms with Crippen LogP contribution in [0.4, 0.5) is 0 Å². The van der Waals surface area contributed by atoms with E-state index < -0.39 is 0 Å². The number of amides is 1. The van der Waals surface area contributed by atoms with Crippen LogP contribution in [0, 0.1) is 11.3 Å². The van der Waals surface area contributed by atoms with Gasteiger partial charge < -0.3 is 24.4 Å². The number of rotatable bonds is 10. The Morgan fingerprint density at radius 2 is 2.09 bits per heavy atom. The molecule has 1 rings (SSSR count). The van der Waals surface area contributed by atoms with Gasteiger partial charge in [-0.15, -0.1) is 0 Å². The zero-order valence-corrected chi connectivity index (χ0v) is 13.3. The van der Waals surface area contributed by atoms with Crippen LogP contribution in [0.15, 0.2) is 11.8 Å². The summed E-state index contributed by atoms with van der Waals surface area (Å²) in [7, 11) is 3.22. The van der Waals surface area contributed by atoms with Crippen LogP contribution in [-0.4, -0.2) is 70.6 Å². The normalized spacial score (nSPS) is 18.0. The second-order valence-corrected chi connectivity index (χ2v) is 5.02. The van der Waals surface area contributed by atoms with Crippen molar-refractivity contribution in [2.24, 2.45) is 0 Å². The van der Waals surface area contributed by atoms with E-state index in [1.54, 1.807) is 20.4 Å². The van der Waals surface area contributed by atoms with Crippen molar-refractivity contribution in [3.8, 4) is 6.07 Å². The minimum absolute atomic E-state index is 0.0574. The molecule has 0 spiro atoms. The summed E-state index contributed by atoms with van der Waals surface area (Å²) in [6.07, 6.45) is 3.58. The van der Waals surface area contributed by atoms with Gasteiger partial charge in [0.2, 0.25) is 0 Å². The number of ether oxygens (including phenoxy) is 3. The van der Waals surface area contributed by atoms with E-state index in [0.29, 0.717) is 32.8 Å². The maximum absolute atomic E-state index is 12.1. The summed E-state index contributed by atoms with van der Waals surface area (Å²) in [5.74, 6) is -0.377. The van der Waals surface area contributed by atoms with Gasteiger partial charge in [-0.1, -0.05) is 0 Å². The van der Waals surface area contributed by atoms with Crippen LogP contribution < -0.4 is 5.32 Å². The average Bonchev–Trinajstić information content (AvgIpc) is 3.05. The highest BCUT2D eigenvalue weighted by molar-refractivity contribution is 5.97.